The maximum absolute atomic E-state index is 12.4. The van der Waals surface area contributed by atoms with Crippen LogP contribution in [0.5, 0.6) is 5.75 Å². The Bertz CT molecular complexity index is 470. The minimum Gasteiger partial charge on any atom is -0.480 e. The Morgan fingerprint density at radius 3 is 2.63 bits per heavy atom. The number of amides is 2. The van der Waals surface area contributed by atoms with Crippen LogP contribution in [0.15, 0.2) is 24.3 Å². The minimum atomic E-state index is -0.403. The van der Waals surface area contributed by atoms with Gasteiger partial charge in [0.25, 0.3) is 5.91 Å². The summed E-state index contributed by atoms with van der Waals surface area (Å²) in [6.07, 6.45) is 1.08. The van der Waals surface area contributed by atoms with Crippen molar-refractivity contribution in [2.45, 2.75) is 12.5 Å². The highest BCUT2D eigenvalue weighted by Crippen LogP contribution is 2.29. The highest BCUT2D eigenvalue weighted by molar-refractivity contribution is 5.82. The Morgan fingerprint density at radius 1 is 1.21 bits per heavy atom. The molecule has 2 heterocycles. The summed E-state index contributed by atoms with van der Waals surface area (Å²) in [6.45, 7) is 2.39. The topological polar surface area (TPSA) is 49.9 Å². The van der Waals surface area contributed by atoms with Gasteiger partial charge in [0, 0.05) is 32.6 Å². The summed E-state index contributed by atoms with van der Waals surface area (Å²) in [4.78, 5) is 26.5. The molecule has 5 heteroatoms. The van der Waals surface area contributed by atoms with Crippen LogP contribution in [0, 0.1) is 0 Å². The van der Waals surface area contributed by atoms with Crippen LogP contribution in [0.1, 0.15) is 5.56 Å². The number of nitrogens with zero attached hydrogens (tertiary/aromatic N) is 2. The van der Waals surface area contributed by atoms with E-state index in [1.54, 1.807) is 9.80 Å². The first-order valence-corrected chi connectivity index (χ1v) is 6.50. The molecule has 0 N–H and O–H groups in total. The fourth-order valence-electron chi connectivity index (χ4n) is 2.57. The van der Waals surface area contributed by atoms with E-state index in [1.807, 2.05) is 24.3 Å². The van der Waals surface area contributed by atoms with Crippen LogP contribution in [-0.2, 0) is 16.0 Å². The van der Waals surface area contributed by atoms with Gasteiger partial charge in [0.2, 0.25) is 6.41 Å². The number of benzene rings is 1. The maximum Gasteiger partial charge on any atom is 0.264 e. The second kappa shape index (κ2) is 4.91. The molecule has 2 aliphatic rings. The van der Waals surface area contributed by atoms with E-state index in [0.29, 0.717) is 32.6 Å². The normalized spacial score (nSPS) is 21.8. The molecule has 2 amide bonds. The summed E-state index contributed by atoms with van der Waals surface area (Å²) in [6, 6.07) is 7.76. The summed E-state index contributed by atoms with van der Waals surface area (Å²) < 4.78 is 5.70. The molecule has 0 saturated carbocycles. The van der Waals surface area contributed by atoms with Gasteiger partial charge in [-0.1, -0.05) is 18.2 Å². The van der Waals surface area contributed by atoms with Gasteiger partial charge >= 0.3 is 0 Å². The predicted octanol–water partition coefficient (Wildman–Crippen LogP) is 0.291. The zero-order valence-corrected chi connectivity index (χ0v) is 10.6. The van der Waals surface area contributed by atoms with Gasteiger partial charge < -0.3 is 14.5 Å². The number of hydrogen-bond donors (Lipinski definition) is 0. The Hall–Kier alpha value is -2.04. The van der Waals surface area contributed by atoms with E-state index in [-0.39, 0.29) is 5.91 Å². The minimum absolute atomic E-state index is 0.0294. The van der Waals surface area contributed by atoms with Gasteiger partial charge in [-0.2, -0.15) is 0 Å². The lowest BCUT2D eigenvalue weighted by molar-refractivity contribution is -0.141. The fourth-order valence-corrected chi connectivity index (χ4v) is 2.57. The third-order valence-electron chi connectivity index (χ3n) is 3.70. The van der Waals surface area contributed by atoms with Crippen LogP contribution in [0.2, 0.25) is 0 Å². The molecule has 1 aromatic rings. The largest absolute Gasteiger partial charge is 0.480 e. The van der Waals surface area contributed by atoms with Crippen molar-refractivity contribution < 1.29 is 14.3 Å². The third kappa shape index (κ3) is 2.28. The van der Waals surface area contributed by atoms with Crippen molar-refractivity contribution in [1.82, 2.24) is 9.80 Å². The number of rotatable bonds is 2. The first-order chi connectivity index (χ1) is 9.28. The van der Waals surface area contributed by atoms with Crippen molar-refractivity contribution in [3.8, 4) is 5.75 Å². The lowest BCUT2D eigenvalue weighted by Gasteiger charge is -2.33. The van der Waals surface area contributed by atoms with E-state index in [4.69, 9.17) is 4.74 Å². The van der Waals surface area contributed by atoms with Crippen molar-refractivity contribution in [2.24, 2.45) is 0 Å². The molecule has 0 aliphatic carbocycles. The molecule has 1 atom stereocenters. The van der Waals surface area contributed by atoms with Crippen LogP contribution < -0.4 is 4.74 Å². The van der Waals surface area contributed by atoms with Gasteiger partial charge in [0.05, 0.1) is 0 Å². The molecule has 5 nitrogen and oxygen atoms in total. The van der Waals surface area contributed by atoms with Crippen LogP contribution in [0.4, 0.5) is 0 Å². The van der Waals surface area contributed by atoms with E-state index in [2.05, 4.69) is 0 Å². The number of carbonyl (C=O) groups is 2. The molecule has 1 unspecified atom stereocenters. The molecular weight excluding hydrogens is 244 g/mol. The highest BCUT2D eigenvalue weighted by atomic mass is 16.5. The third-order valence-corrected chi connectivity index (χ3v) is 3.70. The van der Waals surface area contributed by atoms with Gasteiger partial charge in [-0.3, -0.25) is 9.59 Å². The summed E-state index contributed by atoms with van der Waals surface area (Å²) in [5, 5.41) is 0. The van der Waals surface area contributed by atoms with E-state index >= 15 is 0 Å². The molecule has 1 fully saturated rings. The second-order valence-corrected chi connectivity index (χ2v) is 4.89. The monoisotopic (exact) mass is 260 g/mol. The van der Waals surface area contributed by atoms with Crippen molar-refractivity contribution >= 4 is 12.3 Å². The Morgan fingerprint density at radius 2 is 1.95 bits per heavy atom. The number of piperazine rings is 1. The first kappa shape index (κ1) is 12.0. The standard InChI is InChI=1S/C14H16N2O3/c17-10-15-5-7-16(8-6-15)14(18)13-9-11-3-1-2-4-12(11)19-13/h1-4,10,13H,5-9H2. The molecular formula is C14H16N2O3. The van der Waals surface area contributed by atoms with Gasteiger partial charge in [-0.25, -0.2) is 0 Å². The lowest BCUT2D eigenvalue weighted by Crippen LogP contribution is -2.51. The van der Waals surface area contributed by atoms with E-state index < -0.39 is 6.10 Å². The molecule has 2 aliphatic heterocycles. The van der Waals surface area contributed by atoms with Crippen molar-refractivity contribution in [3.05, 3.63) is 29.8 Å². The molecule has 0 spiro atoms. The number of fused-ring (bicyclic) bond motifs is 1. The molecule has 0 aromatic heterocycles. The van der Waals surface area contributed by atoms with Crippen LogP contribution in [-0.4, -0.2) is 54.4 Å². The Kier molecular flexibility index (Phi) is 3.11. The van der Waals surface area contributed by atoms with Crippen molar-refractivity contribution in [1.29, 1.82) is 0 Å². The average Bonchev–Trinajstić information content (AvgIpc) is 2.90. The van der Waals surface area contributed by atoms with Gasteiger partial charge in [0.1, 0.15) is 5.75 Å². The van der Waals surface area contributed by atoms with Crippen LogP contribution in [0.25, 0.3) is 0 Å². The SMILES string of the molecule is O=CN1CCN(C(=O)C2Cc3ccccc3O2)CC1. The number of carbonyl (C=O) groups excluding carboxylic acids is 2. The van der Waals surface area contributed by atoms with Crippen LogP contribution in [0.3, 0.4) is 0 Å². The molecule has 1 saturated heterocycles. The zero-order chi connectivity index (χ0) is 13.2. The summed E-state index contributed by atoms with van der Waals surface area (Å²) >= 11 is 0. The zero-order valence-electron chi connectivity index (χ0n) is 10.6. The predicted molar refractivity (Wildman–Crippen MR) is 68.8 cm³/mol. The molecule has 19 heavy (non-hydrogen) atoms. The Labute approximate surface area is 111 Å². The fraction of sp³-hybridized carbons (Fsp3) is 0.429. The number of hydrogen-bond acceptors (Lipinski definition) is 3. The first-order valence-electron chi connectivity index (χ1n) is 6.50. The summed E-state index contributed by atoms with van der Waals surface area (Å²) in [5.74, 6) is 0.842. The summed E-state index contributed by atoms with van der Waals surface area (Å²) in [7, 11) is 0. The highest BCUT2D eigenvalue weighted by Gasteiger charge is 2.33. The number of ether oxygens (including phenoxy) is 1. The van der Waals surface area contributed by atoms with Crippen LogP contribution >= 0.6 is 0 Å². The van der Waals surface area contributed by atoms with E-state index in [1.165, 1.54) is 0 Å². The molecule has 100 valence electrons. The quantitative estimate of drug-likeness (QED) is 0.718. The average molecular weight is 260 g/mol. The smallest absolute Gasteiger partial charge is 0.264 e. The van der Waals surface area contributed by atoms with Gasteiger partial charge in [0.15, 0.2) is 6.10 Å². The molecule has 1 aromatic carbocycles. The number of para-hydroxylation sites is 1. The lowest BCUT2D eigenvalue weighted by atomic mass is 10.1. The second-order valence-electron chi connectivity index (χ2n) is 4.89. The Balaban J connectivity index is 1.62. The van der Waals surface area contributed by atoms with Crippen molar-refractivity contribution in [3.63, 3.8) is 0 Å². The van der Waals surface area contributed by atoms with Gasteiger partial charge in [-0.15, -0.1) is 0 Å². The van der Waals surface area contributed by atoms with Gasteiger partial charge in [-0.05, 0) is 11.6 Å². The van der Waals surface area contributed by atoms with E-state index in [0.717, 1.165) is 17.7 Å². The molecule has 0 bridgehead atoms. The molecule has 0 radical (unpaired) electrons. The maximum atomic E-state index is 12.4. The summed E-state index contributed by atoms with van der Waals surface area (Å²) in [5.41, 5.74) is 1.09. The van der Waals surface area contributed by atoms with E-state index in [9.17, 15) is 9.59 Å². The molecule has 3 rings (SSSR count). The van der Waals surface area contributed by atoms with Crippen molar-refractivity contribution in [2.75, 3.05) is 26.2 Å².